The van der Waals surface area contributed by atoms with Crippen molar-refractivity contribution in [2.75, 3.05) is 33.5 Å². The summed E-state index contributed by atoms with van der Waals surface area (Å²) in [7, 11) is -5.48. The van der Waals surface area contributed by atoms with Crippen LogP contribution in [0.5, 0.6) is 0 Å². The van der Waals surface area contributed by atoms with Crippen LogP contribution >= 0.6 is 15.2 Å². The molecular formula is C7H19N2O6P2+. The van der Waals surface area contributed by atoms with Gasteiger partial charge in [0.1, 0.15) is 6.29 Å². The van der Waals surface area contributed by atoms with Gasteiger partial charge in [0.25, 0.3) is 0 Å². The molecule has 0 spiro atoms. The van der Waals surface area contributed by atoms with Crippen molar-refractivity contribution in [2.45, 2.75) is 12.3 Å². The minimum absolute atomic E-state index is 0.0320. The number of rotatable bonds is 3. The summed E-state index contributed by atoms with van der Waals surface area (Å²) in [6.07, 6.45) is 0.0218. The molecule has 0 aliphatic carbocycles. The molecule has 10 heteroatoms. The highest BCUT2D eigenvalue weighted by Gasteiger charge is 2.50. The lowest BCUT2D eigenvalue weighted by Gasteiger charge is -2.46. The van der Waals surface area contributed by atoms with Crippen LogP contribution in [0.15, 0.2) is 0 Å². The minimum Gasteiger partial charge on any atom is -0.324 e. The summed E-state index contributed by atoms with van der Waals surface area (Å²) in [5.74, 6) is -1.19. The maximum atomic E-state index is 11.5. The van der Waals surface area contributed by atoms with E-state index in [-0.39, 0.29) is 11.0 Å². The van der Waals surface area contributed by atoms with Crippen LogP contribution < -0.4 is 0 Å². The summed E-state index contributed by atoms with van der Waals surface area (Å²) in [6.45, 7) is 0.843. The maximum Gasteiger partial charge on any atom is 0.398 e. The first-order chi connectivity index (χ1) is 7.43. The Morgan fingerprint density at radius 2 is 1.76 bits per heavy atom. The third kappa shape index (κ3) is 4.12. The predicted molar refractivity (Wildman–Crippen MR) is 61.0 cm³/mol. The monoisotopic (exact) mass is 289 g/mol. The fraction of sp³-hybridized carbons (Fsp3) is 1.00. The van der Waals surface area contributed by atoms with E-state index in [4.69, 9.17) is 9.79 Å². The fourth-order valence-corrected chi connectivity index (χ4v) is 4.81. The highest BCUT2D eigenvalue weighted by atomic mass is 31.2. The molecule has 1 heterocycles. The molecule has 1 rings (SSSR count). The van der Waals surface area contributed by atoms with Crippen molar-refractivity contribution in [3.8, 4) is 0 Å². The van der Waals surface area contributed by atoms with Gasteiger partial charge >= 0.3 is 15.2 Å². The van der Waals surface area contributed by atoms with Crippen molar-refractivity contribution >= 4 is 15.2 Å². The van der Waals surface area contributed by atoms with Crippen LogP contribution in [0.2, 0.25) is 0 Å². The third-order valence-corrected chi connectivity index (χ3v) is 5.08. The molecule has 0 aromatic heterocycles. The second kappa shape index (κ2) is 4.72. The quantitative estimate of drug-likeness (QED) is 0.403. The van der Waals surface area contributed by atoms with Crippen LogP contribution in [0, 0.1) is 0 Å². The van der Waals surface area contributed by atoms with Gasteiger partial charge in [-0.2, -0.15) is 0 Å². The molecule has 0 saturated carbocycles. The number of quaternary nitrogens is 1. The summed E-state index contributed by atoms with van der Waals surface area (Å²) in [5.41, 5.74) is 0. The zero-order valence-electron chi connectivity index (χ0n) is 9.80. The van der Waals surface area contributed by atoms with Crippen molar-refractivity contribution in [3.63, 3.8) is 0 Å². The molecule has 4 N–H and O–H groups in total. The van der Waals surface area contributed by atoms with Crippen LogP contribution in [0.4, 0.5) is 0 Å². The van der Waals surface area contributed by atoms with Crippen LogP contribution in [0.3, 0.4) is 0 Å². The second-order valence-corrected chi connectivity index (χ2v) is 8.16. The van der Waals surface area contributed by atoms with Gasteiger partial charge in [0, 0.05) is 13.0 Å². The first-order valence-electron chi connectivity index (χ1n) is 5.10. The molecule has 1 aliphatic rings. The van der Waals surface area contributed by atoms with Crippen molar-refractivity contribution in [3.05, 3.63) is 0 Å². The summed E-state index contributed by atoms with van der Waals surface area (Å²) in [5, 5.41) is 0. The third-order valence-electron chi connectivity index (χ3n) is 2.80. The van der Waals surface area contributed by atoms with Crippen molar-refractivity contribution in [2.24, 2.45) is 0 Å². The van der Waals surface area contributed by atoms with E-state index in [0.29, 0.717) is 13.0 Å². The Bertz CT molecular complexity index is 375. The number of nitrogens with zero attached hydrogens (tertiary/aromatic N) is 2. The first kappa shape index (κ1) is 15.3. The summed E-state index contributed by atoms with van der Waals surface area (Å²) < 4.78 is 22.5. The minimum atomic E-state index is -4.45. The van der Waals surface area contributed by atoms with E-state index in [0.717, 1.165) is 0 Å². The van der Waals surface area contributed by atoms with Crippen LogP contribution in [0.25, 0.3) is 0 Å². The Labute approximate surface area is 99.8 Å². The molecule has 8 nitrogen and oxygen atoms in total. The molecule has 1 saturated heterocycles. The van der Waals surface area contributed by atoms with Gasteiger partial charge in [0.15, 0.2) is 0 Å². The zero-order valence-corrected chi connectivity index (χ0v) is 11.6. The molecular weight excluding hydrogens is 270 g/mol. The van der Waals surface area contributed by atoms with Gasteiger partial charge in [0.2, 0.25) is 5.91 Å². The zero-order chi connectivity index (χ0) is 13.5. The molecule has 0 aromatic carbocycles. The van der Waals surface area contributed by atoms with E-state index in [9.17, 15) is 18.9 Å². The molecule has 1 fully saturated rings. The molecule has 102 valence electrons. The van der Waals surface area contributed by atoms with E-state index >= 15 is 0 Å². The Hall–Kier alpha value is 0.220. The van der Waals surface area contributed by atoms with Gasteiger partial charge in [-0.1, -0.05) is 0 Å². The normalized spacial score (nSPS) is 27.1. The molecule has 1 unspecified atom stereocenters. The largest absolute Gasteiger partial charge is 0.398 e. The second-order valence-electron chi connectivity index (χ2n) is 4.91. The summed E-state index contributed by atoms with van der Waals surface area (Å²) in [4.78, 5) is 37.8. The smallest absolute Gasteiger partial charge is 0.324 e. The molecule has 0 aromatic rings. The van der Waals surface area contributed by atoms with E-state index in [1.165, 1.54) is 4.90 Å². The van der Waals surface area contributed by atoms with Crippen LogP contribution in [0.1, 0.15) is 6.42 Å². The van der Waals surface area contributed by atoms with E-state index in [2.05, 4.69) is 0 Å². The Kier molecular flexibility index (Phi) is 4.24. The summed E-state index contributed by atoms with van der Waals surface area (Å²) in [6, 6.07) is 0. The lowest BCUT2D eigenvalue weighted by Crippen LogP contribution is -2.61. The summed E-state index contributed by atoms with van der Waals surface area (Å²) >= 11 is 0. The maximum absolute atomic E-state index is 11.5. The molecule has 0 radical (unpaired) electrons. The Morgan fingerprint density at radius 3 is 2.18 bits per heavy atom. The van der Waals surface area contributed by atoms with Gasteiger partial charge in [0.05, 0.1) is 20.6 Å². The average molecular weight is 289 g/mol. The SMILES string of the molecule is C[N+]1(C)CCCN(CP(=O)(O)O)C1P(=O)(O)O. The van der Waals surface area contributed by atoms with E-state index in [1.54, 1.807) is 14.1 Å². The Morgan fingerprint density at radius 1 is 1.24 bits per heavy atom. The predicted octanol–water partition coefficient (Wildman–Crippen LogP) is -0.635. The van der Waals surface area contributed by atoms with Crippen molar-refractivity contribution in [1.82, 2.24) is 4.90 Å². The first-order valence-corrected chi connectivity index (χ1v) is 8.58. The average Bonchev–Trinajstić information content (AvgIpc) is 1.94. The Balaban J connectivity index is 3.02. The molecule has 1 atom stereocenters. The standard InChI is InChI=1S/C7H18N2O6P2/c1-9(2)5-3-4-8(6-16(10,11)12)7(9)17(13,14)15/h7H,3-6H2,1-2H3,(H3-,10,11,12,13,14,15)/p+1. The highest BCUT2D eigenvalue weighted by Crippen LogP contribution is 2.50. The van der Waals surface area contributed by atoms with Gasteiger partial charge < -0.3 is 24.1 Å². The van der Waals surface area contributed by atoms with Gasteiger partial charge in [-0.15, -0.1) is 0 Å². The van der Waals surface area contributed by atoms with Gasteiger partial charge in [-0.05, 0) is 0 Å². The molecule has 0 amide bonds. The van der Waals surface area contributed by atoms with Crippen molar-refractivity contribution < 1.29 is 33.2 Å². The highest BCUT2D eigenvalue weighted by molar-refractivity contribution is 7.53. The molecule has 1 aliphatic heterocycles. The molecule has 17 heavy (non-hydrogen) atoms. The van der Waals surface area contributed by atoms with Crippen LogP contribution in [-0.2, 0) is 9.13 Å². The number of hydrogen-bond donors (Lipinski definition) is 4. The van der Waals surface area contributed by atoms with E-state index < -0.39 is 27.4 Å². The van der Waals surface area contributed by atoms with Crippen LogP contribution in [-0.4, -0.2) is 68.3 Å². The van der Waals surface area contributed by atoms with Crippen molar-refractivity contribution in [1.29, 1.82) is 0 Å². The lowest BCUT2D eigenvalue weighted by atomic mass is 10.3. The van der Waals surface area contributed by atoms with Gasteiger partial charge in [-0.25, -0.2) is 4.90 Å². The number of hydrogen-bond acceptors (Lipinski definition) is 3. The van der Waals surface area contributed by atoms with Gasteiger partial charge in [-0.3, -0.25) is 9.13 Å². The van der Waals surface area contributed by atoms with E-state index in [1.807, 2.05) is 0 Å². The molecule has 0 bridgehead atoms. The topological polar surface area (TPSA) is 118 Å². The fourth-order valence-electron chi connectivity index (χ4n) is 2.35. The lowest BCUT2D eigenvalue weighted by molar-refractivity contribution is -0.919.